The third kappa shape index (κ3) is 2.63. The van der Waals surface area contributed by atoms with Gasteiger partial charge in [-0.25, -0.2) is 0 Å². The summed E-state index contributed by atoms with van der Waals surface area (Å²) in [7, 11) is 0. The van der Waals surface area contributed by atoms with E-state index in [4.69, 9.17) is 10.5 Å². The molecule has 4 nitrogen and oxygen atoms in total. The van der Waals surface area contributed by atoms with Gasteiger partial charge in [-0.1, -0.05) is 0 Å². The molecule has 4 heteroatoms. The predicted octanol–water partition coefficient (Wildman–Crippen LogP) is 1.14. The van der Waals surface area contributed by atoms with Gasteiger partial charge in [0.25, 0.3) is 0 Å². The summed E-state index contributed by atoms with van der Waals surface area (Å²) in [6.45, 7) is 5.03. The lowest BCUT2D eigenvalue weighted by Crippen LogP contribution is -2.58. The van der Waals surface area contributed by atoms with Crippen LogP contribution in [0.1, 0.15) is 39.0 Å². The Labute approximate surface area is 103 Å². The second kappa shape index (κ2) is 5.36. The van der Waals surface area contributed by atoms with Crippen LogP contribution < -0.4 is 5.73 Å². The minimum Gasteiger partial charge on any atom is -0.381 e. The van der Waals surface area contributed by atoms with E-state index in [2.05, 4.69) is 6.92 Å². The average molecular weight is 240 g/mol. The van der Waals surface area contributed by atoms with E-state index in [-0.39, 0.29) is 11.5 Å². The van der Waals surface area contributed by atoms with Crippen LogP contribution >= 0.6 is 0 Å². The Kier molecular flexibility index (Phi) is 4.05. The molecule has 2 heterocycles. The number of carbonyl (C=O) groups excluding carboxylic acids is 1. The number of piperidine rings is 1. The van der Waals surface area contributed by atoms with Crippen LogP contribution in [0.4, 0.5) is 0 Å². The van der Waals surface area contributed by atoms with Crippen LogP contribution in [0.15, 0.2) is 0 Å². The highest BCUT2D eigenvalue weighted by atomic mass is 16.5. The van der Waals surface area contributed by atoms with Crippen molar-refractivity contribution in [1.29, 1.82) is 0 Å². The maximum atomic E-state index is 12.5. The number of carbonyl (C=O) groups is 1. The predicted molar refractivity (Wildman–Crippen MR) is 66.6 cm³/mol. The van der Waals surface area contributed by atoms with E-state index in [0.717, 1.165) is 45.4 Å². The highest BCUT2D eigenvalue weighted by Gasteiger charge is 2.39. The molecule has 1 atom stereocenters. The molecule has 2 aliphatic heterocycles. The Morgan fingerprint density at radius 3 is 2.76 bits per heavy atom. The fourth-order valence-electron chi connectivity index (χ4n) is 2.93. The van der Waals surface area contributed by atoms with Crippen molar-refractivity contribution in [2.24, 2.45) is 11.7 Å². The Bertz CT molecular complexity index is 277. The van der Waals surface area contributed by atoms with Gasteiger partial charge >= 0.3 is 0 Å². The lowest BCUT2D eigenvalue weighted by atomic mass is 9.86. The molecule has 0 spiro atoms. The SMILES string of the molecule is CC1(CN)CCCCN1C(=O)C1CCOCC1. The minimum absolute atomic E-state index is 0.117. The number of hydrogen-bond donors (Lipinski definition) is 1. The summed E-state index contributed by atoms with van der Waals surface area (Å²) in [5.41, 5.74) is 5.76. The van der Waals surface area contributed by atoms with Crippen LogP contribution in [-0.4, -0.2) is 42.6 Å². The number of nitrogens with zero attached hydrogens (tertiary/aromatic N) is 1. The van der Waals surface area contributed by atoms with Crippen molar-refractivity contribution < 1.29 is 9.53 Å². The molecule has 0 bridgehead atoms. The summed E-state index contributed by atoms with van der Waals surface area (Å²) in [6, 6.07) is 0. The zero-order valence-corrected chi connectivity index (χ0v) is 10.8. The topological polar surface area (TPSA) is 55.6 Å². The van der Waals surface area contributed by atoms with Gasteiger partial charge in [0.1, 0.15) is 0 Å². The van der Waals surface area contributed by atoms with Gasteiger partial charge in [-0.3, -0.25) is 4.79 Å². The molecule has 2 saturated heterocycles. The zero-order valence-electron chi connectivity index (χ0n) is 10.8. The van der Waals surface area contributed by atoms with E-state index in [1.807, 2.05) is 4.90 Å². The Morgan fingerprint density at radius 2 is 2.12 bits per heavy atom. The van der Waals surface area contributed by atoms with Crippen LogP contribution in [0.3, 0.4) is 0 Å². The summed E-state index contributed by atoms with van der Waals surface area (Å²) in [5.74, 6) is 0.466. The van der Waals surface area contributed by atoms with Crippen LogP contribution in [0.2, 0.25) is 0 Å². The van der Waals surface area contributed by atoms with Crippen molar-refractivity contribution in [1.82, 2.24) is 4.90 Å². The third-order valence-electron chi connectivity index (χ3n) is 4.28. The van der Waals surface area contributed by atoms with Crippen molar-refractivity contribution in [2.75, 3.05) is 26.3 Å². The molecule has 0 aromatic rings. The number of amides is 1. The largest absolute Gasteiger partial charge is 0.381 e. The maximum Gasteiger partial charge on any atom is 0.226 e. The Balaban J connectivity index is 2.05. The first-order valence-electron chi connectivity index (χ1n) is 6.77. The average Bonchev–Trinajstić information content (AvgIpc) is 2.39. The summed E-state index contributed by atoms with van der Waals surface area (Å²) in [5, 5.41) is 0. The summed E-state index contributed by atoms with van der Waals surface area (Å²) >= 11 is 0. The molecular formula is C13H24N2O2. The molecule has 0 saturated carbocycles. The molecule has 17 heavy (non-hydrogen) atoms. The van der Waals surface area contributed by atoms with E-state index >= 15 is 0 Å². The Morgan fingerprint density at radius 1 is 1.41 bits per heavy atom. The Hall–Kier alpha value is -0.610. The third-order valence-corrected chi connectivity index (χ3v) is 4.28. The second-order valence-electron chi connectivity index (χ2n) is 5.53. The molecular weight excluding hydrogens is 216 g/mol. The van der Waals surface area contributed by atoms with Gasteiger partial charge in [-0.15, -0.1) is 0 Å². The van der Waals surface area contributed by atoms with Crippen molar-refractivity contribution in [2.45, 2.75) is 44.6 Å². The highest BCUT2D eigenvalue weighted by molar-refractivity contribution is 5.80. The first-order chi connectivity index (χ1) is 8.17. The summed E-state index contributed by atoms with van der Waals surface area (Å²) in [4.78, 5) is 14.6. The lowest BCUT2D eigenvalue weighted by molar-refractivity contribution is -0.146. The fourth-order valence-corrected chi connectivity index (χ4v) is 2.93. The number of hydrogen-bond acceptors (Lipinski definition) is 3. The normalized spacial score (nSPS) is 31.5. The molecule has 2 fully saturated rings. The van der Waals surface area contributed by atoms with Gasteiger partial charge in [0.15, 0.2) is 0 Å². The number of rotatable bonds is 2. The van der Waals surface area contributed by atoms with Crippen LogP contribution in [0.25, 0.3) is 0 Å². The standard InChI is InChI=1S/C13H24N2O2/c1-13(10-14)6-2-3-7-15(13)12(16)11-4-8-17-9-5-11/h11H,2-10,14H2,1H3. The van der Waals surface area contributed by atoms with Gasteiger partial charge in [0.2, 0.25) is 5.91 Å². The lowest BCUT2D eigenvalue weighted by Gasteiger charge is -2.46. The van der Waals surface area contributed by atoms with E-state index in [1.54, 1.807) is 0 Å². The van der Waals surface area contributed by atoms with E-state index in [0.29, 0.717) is 12.5 Å². The zero-order chi connectivity index (χ0) is 12.3. The van der Waals surface area contributed by atoms with Crippen LogP contribution in [0.5, 0.6) is 0 Å². The van der Waals surface area contributed by atoms with Gasteiger partial charge in [0.05, 0.1) is 5.54 Å². The molecule has 0 aromatic heterocycles. The summed E-state index contributed by atoms with van der Waals surface area (Å²) < 4.78 is 5.32. The van der Waals surface area contributed by atoms with E-state index in [1.165, 1.54) is 6.42 Å². The molecule has 0 aromatic carbocycles. The van der Waals surface area contributed by atoms with Crippen molar-refractivity contribution >= 4 is 5.91 Å². The quantitative estimate of drug-likeness (QED) is 0.787. The number of nitrogens with two attached hydrogens (primary N) is 1. The molecule has 1 amide bonds. The van der Waals surface area contributed by atoms with Crippen molar-refractivity contribution in [3.63, 3.8) is 0 Å². The van der Waals surface area contributed by atoms with Crippen molar-refractivity contribution in [3.05, 3.63) is 0 Å². The highest BCUT2D eigenvalue weighted by Crippen LogP contribution is 2.30. The molecule has 2 rings (SSSR count). The summed E-state index contributed by atoms with van der Waals surface area (Å²) in [6.07, 6.45) is 5.08. The van der Waals surface area contributed by atoms with Gasteiger partial charge in [-0.05, 0) is 39.0 Å². The molecule has 2 N–H and O–H groups in total. The smallest absolute Gasteiger partial charge is 0.226 e. The van der Waals surface area contributed by atoms with Gasteiger partial charge < -0.3 is 15.4 Å². The number of ether oxygens (including phenoxy) is 1. The first kappa shape index (κ1) is 12.8. The molecule has 0 aliphatic carbocycles. The minimum atomic E-state index is -0.117. The maximum absolute atomic E-state index is 12.5. The monoisotopic (exact) mass is 240 g/mol. The number of likely N-dealkylation sites (tertiary alicyclic amines) is 1. The molecule has 1 unspecified atom stereocenters. The van der Waals surface area contributed by atoms with Gasteiger partial charge in [-0.2, -0.15) is 0 Å². The first-order valence-corrected chi connectivity index (χ1v) is 6.77. The van der Waals surface area contributed by atoms with Crippen molar-refractivity contribution in [3.8, 4) is 0 Å². The van der Waals surface area contributed by atoms with Crippen LogP contribution in [0, 0.1) is 5.92 Å². The second-order valence-corrected chi connectivity index (χ2v) is 5.53. The van der Waals surface area contributed by atoms with Gasteiger partial charge in [0, 0.05) is 32.2 Å². The fraction of sp³-hybridized carbons (Fsp3) is 0.923. The molecule has 0 radical (unpaired) electrons. The van der Waals surface area contributed by atoms with E-state index < -0.39 is 0 Å². The molecule has 2 aliphatic rings. The van der Waals surface area contributed by atoms with Crippen LogP contribution in [-0.2, 0) is 9.53 Å². The molecule has 98 valence electrons. The van der Waals surface area contributed by atoms with E-state index in [9.17, 15) is 4.79 Å².